The average Bonchev–Trinajstić information content (AvgIpc) is 2.84. The monoisotopic (exact) mass is 279 g/mol. The highest BCUT2D eigenvalue weighted by molar-refractivity contribution is 6.33. The van der Waals surface area contributed by atoms with Gasteiger partial charge in [-0.2, -0.15) is 5.10 Å². The molecular formula is C12H10ClN3O3. The SMILES string of the molecule is O=C(Cn1cccn1)Nc1ccc(Cl)c(C(=O)O)c1. The van der Waals surface area contributed by atoms with E-state index in [0.717, 1.165) is 0 Å². The number of amides is 1. The van der Waals surface area contributed by atoms with Crippen molar-refractivity contribution in [2.75, 3.05) is 5.32 Å². The van der Waals surface area contributed by atoms with Crippen molar-refractivity contribution < 1.29 is 14.7 Å². The van der Waals surface area contributed by atoms with Crippen LogP contribution in [0.15, 0.2) is 36.7 Å². The zero-order valence-corrected chi connectivity index (χ0v) is 10.5. The van der Waals surface area contributed by atoms with Gasteiger partial charge in [0, 0.05) is 18.1 Å². The van der Waals surface area contributed by atoms with Gasteiger partial charge in [0.25, 0.3) is 0 Å². The van der Waals surface area contributed by atoms with Gasteiger partial charge >= 0.3 is 5.97 Å². The molecule has 1 aromatic carbocycles. The number of hydrogen-bond acceptors (Lipinski definition) is 3. The molecule has 0 aliphatic carbocycles. The Morgan fingerprint density at radius 3 is 2.84 bits per heavy atom. The Balaban J connectivity index is 2.09. The predicted molar refractivity (Wildman–Crippen MR) is 69.3 cm³/mol. The molecule has 1 aromatic heterocycles. The average molecular weight is 280 g/mol. The lowest BCUT2D eigenvalue weighted by molar-refractivity contribution is -0.116. The minimum absolute atomic E-state index is 0.0536. The summed E-state index contributed by atoms with van der Waals surface area (Å²) in [5, 5.41) is 15.5. The fourth-order valence-electron chi connectivity index (χ4n) is 1.51. The lowest BCUT2D eigenvalue weighted by Gasteiger charge is -2.07. The van der Waals surface area contributed by atoms with Gasteiger partial charge in [-0.25, -0.2) is 4.79 Å². The zero-order chi connectivity index (χ0) is 13.8. The largest absolute Gasteiger partial charge is 0.478 e. The van der Waals surface area contributed by atoms with Crippen LogP contribution in [0.25, 0.3) is 0 Å². The molecule has 0 unspecified atom stereocenters. The molecule has 0 atom stereocenters. The summed E-state index contributed by atoms with van der Waals surface area (Å²) >= 11 is 5.74. The Bertz CT molecular complexity index is 611. The van der Waals surface area contributed by atoms with Gasteiger partial charge < -0.3 is 10.4 Å². The first-order valence-corrected chi connectivity index (χ1v) is 5.74. The van der Waals surface area contributed by atoms with Crippen molar-refractivity contribution in [2.24, 2.45) is 0 Å². The predicted octanol–water partition coefficient (Wildman–Crippen LogP) is 1.87. The summed E-state index contributed by atoms with van der Waals surface area (Å²) in [6, 6.07) is 5.98. The molecule has 2 N–H and O–H groups in total. The third-order valence-corrected chi connectivity index (χ3v) is 2.67. The first kappa shape index (κ1) is 13.1. The van der Waals surface area contributed by atoms with Crippen LogP contribution in [0.3, 0.4) is 0 Å². The van der Waals surface area contributed by atoms with E-state index in [0.29, 0.717) is 5.69 Å². The number of carboxylic acid groups (broad SMARTS) is 1. The van der Waals surface area contributed by atoms with Crippen molar-refractivity contribution in [3.63, 3.8) is 0 Å². The molecule has 6 nitrogen and oxygen atoms in total. The van der Waals surface area contributed by atoms with E-state index in [1.54, 1.807) is 18.5 Å². The van der Waals surface area contributed by atoms with E-state index >= 15 is 0 Å². The van der Waals surface area contributed by atoms with Gasteiger partial charge in [-0.05, 0) is 24.3 Å². The molecule has 1 heterocycles. The van der Waals surface area contributed by atoms with Crippen LogP contribution in [-0.2, 0) is 11.3 Å². The second-order valence-electron chi connectivity index (χ2n) is 3.75. The van der Waals surface area contributed by atoms with Crippen molar-refractivity contribution in [1.29, 1.82) is 0 Å². The number of rotatable bonds is 4. The molecule has 0 saturated heterocycles. The Morgan fingerprint density at radius 2 is 2.21 bits per heavy atom. The zero-order valence-electron chi connectivity index (χ0n) is 9.71. The van der Waals surface area contributed by atoms with E-state index in [4.69, 9.17) is 16.7 Å². The van der Waals surface area contributed by atoms with Gasteiger partial charge in [0.15, 0.2) is 0 Å². The number of aromatic carboxylic acids is 1. The standard InChI is InChI=1S/C12H10ClN3O3/c13-10-3-2-8(6-9(10)12(18)19)15-11(17)7-16-5-1-4-14-16/h1-6H,7H2,(H,15,17)(H,18,19). The summed E-state index contributed by atoms with van der Waals surface area (Å²) in [5.41, 5.74) is 0.317. The Labute approximate surface area is 113 Å². The van der Waals surface area contributed by atoms with Crippen LogP contribution in [0, 0.1) is 0 Å². The molecule has 0 radical (unpaired) electrons. The lowest BCUT2D eigenvalue weighted by atomic mass is 10.2. The second-order valence-corrected chi connectivity index (χ2v) is 4.16. The molecule has 2 rings (SSSR count). The number of hydrogen-bond donors (Lipinski definition) is 2. The van der Waals surface area contributed by atoms with Crippen LogP contribution in [0.4, 0.5) is 5.69 Å². The van der Waals surface area contributed by atoms with Crippen molar-refractivity contribution in [2.45, 2.75) is 6.54 Å². The highest BCUT2D eigenvalue weighted by Gasteiger charge is 2.11. The van der Waals surface area contributed by atoms with Gasteiger partial charge in [0.2, 0.25) is 5.91 Å². The fraction of sp³-hybridized carbons (Fsp3) is 0.0833. The van der Waals surface area contributed by atoms with E-state index in [2.05, 4.69) is 10.4 Å². The molecule has 19 heavy (non-hydrogen) atoms. The van der Waals surface area contributed by atoms with Crippen LogP contribution < -0.4 is 5.32 Å². The van der Waals surface area contributed by atoms with Crippen LogP contribution >= 0.6 is 11.6 Å². The molecular weight excluding hydrogens is 270 g/mol. The number of carbonyl (C=O) groups is 2. The molecule has 0 saturated carbocycles. The molecule has 1 amide bonds. The van der Waals surface area contributed by atoms with Gasteiger partial charge in [0.05, 0.1) is 10.6 Å². The molecule has 2 aromatic rings. The Kier molecular flexibility index (Phi) is 3.82. The van der Waals surface area contributed by atoms with Crippen LogP contribution in [0.2, 0.25) is 5.02 Å². The second kappa shape index (κ2) is 5.53. The van der Waals surface area contributed by atoms with Crippen LogP contribution in [0.1, 0.15) is 10.4 Å². The summed E-state index contributed by atoms with van der Waals surface area (Å²) in [6.07, 6.45) is 3.22. The van der Waals surface area contributed by atoms with Crippen molar-refractivity contribution in [3.05, 3.63) is 47.2 Å². The highest BCUT2D eigenvalue weighted by Crippen LogP contribution is 2.20. The molecule has 0 spiro atoms. The summed E-state index contributed by atoms with van der Waals surface area (Å²) in [6.45, 7) is 0.0536. The highest BCUT2D eigenvalue weighted by atomic mass is 35.5. The van der Waals surface area contributed by atoms with Gasteiger partial charge in [0.1, 0.15) is 6.54 Å². The first-order valence-electron chi connectivity index (χ1n) is 5.36. The smallest absolute Gasteiger partial charge is 0.337 e. The van der Waals surface area contributed by atoms with Gasteiger partial charge in [-0.1, -0.05) is 11.6 Å². The van der Waals surface area contributed by atoms with Gasteiger partial charge in [-0.15, -0.1) is 0 Å². The minimum Gasteiger partial charge on any atom is -0.478 e. The van der Waals surface area contributed by atoms with Crippen molar-refractivity contribution in [3.8, 4) is 0 Å². The van der Waals surface area contributed by atoms with Crippen LogP contribution in [0.5, 0.6) is 0 Å². The third kappa shape index (κ3) is 3.32. The maximum Gasteiger partial charge on any atom is 0.337 e. The molecule has 0 aliphatic heterocycles. The summed E-state index contributed by atoms with van der Waals surface area (Å²) < 4.78 is 1.46. The minimum atomic E-state index is -1.15. The third-order valence-electron chi connectivity index (χ3n) is 2.35. The summed E-state index contributed by atoms with van der Waals surface area (Å²) in [7, 11) is 0. The molecule has 0 bridgehead atoms. The fourth-order valence-corrected chi connectivity index (χ4v) is 1.71. The number of aromatic nitrogens is 2. The topological polar surface area (TPSA) is 84.2 Å². The lowest BCUT2D eigenvalue weighted by Crippen LogP contribution is -2.19. The summed E-state index contributed by atoms with van der Waals surface area (Å²) in [5.74, 6) is -1.45. The Hall–Kier alpha value is -2.34. The van der Waals surface area contributed by atoms with E-state index in [9.17, 15) is 9.59 Å². The van der Waals surface area contributed by atoms with E-state index < -0.39 is 5.97 Å². The quantitative estimate of drug-likeness (QED) is 0.895. The number of anilines is 1. The van der Waals surface area contributed by atoms with E-state index in [1.165, 1.54) is 22.9 Å². The molecule has 0 aliphatic rings. The van der Waals surface area contributed by atoms with E-state index in [1.807, 2.05) is 0 Å². The number of nitrogens with zero attached hydrogens (tertiary/aromatic N) is 2. The Morgan fingerprint density at radius 1 is 1.42 bits per heavy atom. The van der Waals surface area contributed by atoms with E-state index in [-0.39, 0.29) is 23.0 Å². The van der Waals surface area contributed by atoms with Gasteiger partial charge in [-0.3, -0.25) is 9.48 Å². The van der Waals surface area contributed by atoms with Crippen molar-refractivity contribution >= 4 is 29.2 Å². The maximum absolute atomic E-state index is 11.7. The number of nitrogens with one attached hydrogen (secondary N) is 1. The maximum atomic E-state index is 11.7. The molecule has 98 valence electrons. The summed E-state index contributed by atoms with van der Waals surface area (Å²) in [4.78, 5) is 22.6. The first-order chi connectivity index (χ1) is 9.06. The number of carboxylic acids is 1. The normalized spacial score (nSPS) is 10.2. The number of benzene rings is 1. The molecule has 0 fully saturated rings. The number of carbonyl (C=O) groups excluding carboxylic acids is 1. The number of halogens is 1. The molecule has 7 heteroatoms. The van der Waals surface area contributed by atoms with Crippen LogP contribution in [-0.4, -0.2) is 26.8 Å². The van der Waals surface area contributed by atoms with Crippen molar-refractivity contribution in [1.82, 2.24) is 9.78 Å².